The molecule has 5 heteroatoms. The largest absolute Gasteiger partial charge is 0.352 e. The molecule has 1 aliphatic rings. The molecule has 1 N–H and O–H groups in total. The van der Waals surface area contributed by atoms with E-state index in [1.807, 2.05) is 54.6 Å². The highest BCUT2D eigenvalue weighted by Gasteiger charge is 2.16. The molecule has 2 heterocycles. The Balaban J connectivity index is 1.61. The van der Waals surface area contributed by atoms with Crippen LogP contribution in [0.15, 0.2) is 30.3 Å². The quantitative estimate of drug-likeness (QED) is 0.938. The maximum Gasteiger partial charge on any atom is 0.224 e. The fourth-order valence-corrected chi connectivity index (χ4v) is 4.04. The maximum absolute atomic E-state index is 12.2. The highest BCUT2D eigenvalue weighted by atomic mass is 32.2. The van der Waals surface area contributed by atoms with Crippen LogP contribution in [0.5, 0.6) is 0 Å². The number of rotatable bonds is 4. The van der Waals surface area contributed by atoms with Crippen molar-refractivity contribution in [3.8, 4) is 5.69 Å². The lowest BCUT2D eigenvalue weighted by Gasteiger charge is -2.22. The molecule has 0 unspecified atom stereocenters. The minimum absolute atomic E-state index is 0.122. The minimum atomic E-state index is 0.122. The minimum Gasteiger partial charge on any atom is -0.352 e. The third-order valence-electron chi connectivity index (χ3n) is 4.08. The van der Waals surface area contributed by atoms with Gasteiger partial charge in [-0.2, -0.15) is 16.9 Å². The summed E-state index contributed by atoms with van der Waals surface area (Å²) in [5.41, 5.74) is 4.19. The molecule has 122 valence electrons. The summed E-state index contributed by atoms with van der Waals surface area (Å²) in [5.74, 6) is 2.39. The second kappa shape index (κ2) is 7.21. The number of amides is 1. The number of nitrogens with zero attached hydrogens (tertiary/aromatic N) is 2. The van der Waals surface area contributed by atoms with Crippen LogP contribution < -0.4 is 5.32 Å². The predicted molar refractivity (Wildman–Crippen MR) is 95.2 cm³/mol. The number of nitrogens with one attached hydrogen (secondary N) is 1. The third-order valence-corrected chi connectivity index (χ3v) is 5.30. The average molecular weight is 329 g/mol. The smallest absolute Gasteiger partial charge is 0.224 e. The van der Waals surface area contributed by atoms with Gasteiger partial charge in [0.1, 0.15) is 0 Å². The predicted octanol–water partition coefficient (Wildman–Crippen LogP) is 3.04. The Kier molecular flexibility index (Phi) is 5.06. The summed E-state index contributed by atoms with van der Waals surface area (Å²) in [6.07, 6.45) is 2.75. The lowest BCUT2D eigenvalue weighted by atomic mass is 10.1. The van der Waals surface area contributed by atoms with Crippen molar-refractivity contribution in [1.29, 1.82) is 0 Å². The Morgan fingerprint density at radius 1 is 1.35 bits per heavy atom. The zero-order valence-corrected chi connectivity index (χ0v) is 14.5. The zero-order valence-electron chi connectivity index (χ0n) is 13.7. The van der Waals surface area contributed by atoms with Crippen molar-refractivity contribution in [1.82, 2.24) is 15.1 Å². The second-order valence-electron chi connectivity index (χ2n) is 6.16. The van der Waals surface area contributed by atoms with Crippen molar-refractivity contribution in [3.05, 3.63) is 47.3 Å². The van der Waals surface area contributed by atoms with Gasteiger partial charge in [-0.15, -0.1) is 0 Å². The van der Waals surface area contributed by atoms with Gasteiger partial charge in [-0.1, -0.05) is 12.1 Å². The van der Waals surface area contributed by atoms with E-state index in [4.69, 9.17) is 0 Å². The highest BCUT2D eigenvalue weighted by molar-refractivity contribution is 7.99. The van der Waals surface area contributed by atoms with E-state index < -0.39 is 0 Å². The lowest BCUT2D eigenvalue weighted by Crippen LogP contribution is -2.39. The first-order valence-electron chi connectivity index (χ1n) is 8.11. The molecule has 0 spiro atoms. The first-order valence-corrected chi connectivity index (χ1v) is 9.27. The zero-order chi connectivity index (χ0) is 16.2. The fourth-order valence-electron chi connectivity index (χ4n) is 2.96. The van der Waals surface area contributed by atoms with Crippen molar-refractivity contribution in [3.63, 3.8) is 0 Å². The van der Waals surface area contributed by atoms with Crippen molar-refractivity contribution in [2.24, 2.45) is 0 Å². The van der Waals surface area contributed by atoms with Crippen molar-refractivity contribution < 1.29 is 4.79 Å². The lowest BCUT2D eigenvalue weighted by molar-refractivity contribution is -0.121. The average Bonchev–Trinajstić information content (AvgIpc) is 2.87. The van der Waals surface area contributed by atoms with E-state index in [1.54, 1.807) is 0 Å². The Labute approximate surface area is 141 Å². The van der Waals surface area contributed by atoms with E-state index in [9.17, 15) is 4.79 Å². The van der Waals surface area contributed by atoms with Crippen LogP contribution in [-0.2, 0) is 11.2 Å². The summed E-state index contributed by atoms with van der Waals surface area (Å²) >= 11 is 1.93. The van der Waals surface area contributed by atoms with Crippen LogP contribution in [0.1, 0.15) is 29.8 Å². The molecule has 1 saturated heterocycles. The van der Waals surface area contributed by atoms with Crippen LogP contribution in [0.25, 0.3) is 5.69 Å². The second-order valence-corrected chi connectivity index (χ2v) is 7.31. The fraction of sp³-hybridized carbons (Fsp3) is 0.444. The Bertz CT molecular complexity index is 672. The van der Waals surface area contributed by atoms with Gasteiger partial charge < -0.3 is 5.32 Å². The van der Waals surface area contributed by atoms with Gasteiger partial charge in [-0.05, 0) is 56.2 Å². The number of hydrogen-bond donors (Lipinski definition) is 1. The van der Waals surface area contributed by atoms with Gasteiger partial charge >= 0.3 is 0 Å². The summed E-state index contributed by atoms with van der Waals surface area (Å²) in [6.45, 7) is 4.04. The standard InChI is InChI=1S/C18H23N3OS/c1-13-10-14(2)21(20-13)17-7-5-15(6-8-17)11-18(22)19-16-4-3-9-23-12-16/h5-8,10,16H,3-4,9,11-12H2,1-2H3,(H,19,22)/t16-/m1/s1. The van der Waals surface area contributed by atoms with E-state index in [-0.39, 0.29) is 5.91 Å². The van der Waals surface area contributed by atoms with Gasteiger partial charge in [0.2, 0.25) is 5.91 Å². The number of benzene rings is 1. The normalized spacial score (nSPS) is 17.9. The van der Waals surface area contributed by atoms with Crippen LogP contribution in [0.3, 0.4) is 0 Å². The molecule has 1 aromatic carbocycles. The molecule has 3 rings (SSSR count). The molecule has 1 fully saturated rings. The summed E-state index contributed by atoms with van der Waals surface area (Å²) < 4.78 is 1.93. The number of hydrogen-bond acceptors (Lipinski definition) is 3. The van der Waals surface area contributed by atoms with Crippen LogP contribution in [-0.4, -0.2) is 33.2 Å². The molecule has 2 aromatic rings. The summed E-state index contributed by atoms with van der Waals surface area (Å²) in [5, 5.41) is 7.63. The summed E-state index contributed by atoms with van der Waals surface area (Å²) in [7, 11) is 0. The first kappa shape index (κ1) is 16.1. The van der Waals surface area contributed by atoms with Crippen molar-refractivity contribution in [2.45, 2.75) is 39.2 Å². The molecule has 0 radical (unpaired) electrons. The van der Waals surface area contributed by atoms with E-state index in [0.29, 0.717) is 12.5 Å². The molecule has 4 nitrogen and oxygen atoms in total. The molecule has 23 heavy (non-hydrogen) atoms. The topological polar surface area (TPSA) is 46.9 Å². The Hall–Kier alpha value is -1.75. The van der Waals surface area contributed by atoms with Crippen LogP contribution in [0.2, 0.25) is 0 Å². The molecule has 0 aliphatic carbocycles. The molecule has 1 amide bonds. The summed E-state index contributed by atoms with van der Waals surface area (Å²) in [4.78, 5) is 12.2. The SMILES string of the molecule is Cc1cc(C)n(-c2ccc(CC(=O)N[C@@H]3CCCSC3)cc2)n1. The Morgan fingerprint density at radius 2 is 2.13 bits per heavy atom. The molecule has 1 aliphatic heterocycles. The van der Waals surface area contributed by atoms with Gasteiger partial charge in [0.15, 0.2) is 0 Å². The Morgan fingerprint density at radius 3 is 2.74 bits per heavy atom. The number of aromatic nitrogens is 2. The monoisotopic (exact) mass is 329 g/mol. The van der Waals surface area contributed by atoms with Crippen LogP contribution in [0.4, 0.5) is 0 Å². The number of carbonyl (C=O) groups is 1. The van der Waals surface area contributed by atoms with E-state index in [1.165, 1.54) is 12.2 Å². The van der Waals surface area contributed by atoms with Crippen LogP contribution >= 0.6 is 11.8 Å². The maximum atomic E-state index is 12.2. The number of carbonyl (C=O) groups excluding carboxylic acids is 1. The molecule has 1 atom stereocenters. The van der Waals surface area contributed by atoms with Crippen molar-refractivity contribution >= 4 is 17.7 Å². The van der Waals surface area contributed by atoms with Gasteiger partial charge in [0.05, 0.1) is 17.8 Å². The van der Waals surface area contributed by atoms with Gasteiger partial charge in [0, 0.05) is 17.5 Å². The van der Waals surface area contributed by atoms with Crippen molar-refractivity contribution in [2.75, 3.05) is 11.5 Å². The van der Waals surface area contributed by atoms with E-state index in [0.717, 1.165) is 34.8 Å². The van der Waals surface area contributed by atoms with Gasteiger partial charge in [0.25, 0.3) is 0 Å². The highest BCUT2D eigenvalue weighted by Crippen LogP contribution is 2.17. The number of thioether (sulfide) groups is 1. The van der Waals surface area contributed by atoms with E-state index in [2.05, 4.69) is 16.5 Å². The van der Waals surface area contributed by atoms with E-state index >= 15 is 0 Å². The molecule has 0 bridgehead atoms. The molecule has 0 saturated carbocycles. The molecular weight excluding hydrogens is 306 g/mol. The molecular formula is C18H23N3OS. The van der Waals surface area contributed by atoms with Gasteiger partial charge in [-0.25, -0.2) is 4.68 Å². The third kappa shape index (κ3) is 4.16. The summed E-state index contributed by atoms with van der Waals surface area (Å²) in [6, 6.07) is 10.5. The van der Waals surface area contributed by atoms with Gasteiger partial charge in [-0.3, -0.25) is 4.79 Å². The number of aryl methyl sites for hydroxylation is 2. The van der Waals surface area contributed by atoms with Crippen LogP contribution in [0, 0.1) is 13.8 Å². The first-order chi connectivity index (χ1) is 11.1. The molecule has 1 aromatic heterocycles.